The van der Waals surface area contributed by atoms with E-state index in [2.05, 4.69) is 15.9 Å². The first-order valence-corrected chi connectivity index (χ1v) is 10.1. The number of hydrogen-bond donors (Lipinski definition) is 0. The topological polar surface area (TPSA) is 39.4 Å². The van der Waals surface area contributed by atoms with Gasteiger partial charge in [0.2, 0.25) is 5.43 Å². The van der Waals surface area contributed by atoms with Crippen LogP contribution < -0.4 is 10.2 Å². The van der Waals surface area contributed by atoms with Gasteiger partial charge in [-0.2, -0.15) is 0 Å². The fourth-order valence-corrected chi connectivity index (χ4v) is 3.36. The number of hydrogen-bond acceptors (Lipinski definition) is 3. The number of benzene rings is 2. The van der Waals surface area contributed by atoms with Crippen molar-refractivity contribution < 1.29 is 9.15 Å². The van der Waals surface area contributed by atoms with Gasteiger partial charge in [0.05, 0.1) is 17.4 Å². The van der Waals surface area contributed by atoms with Gasteiger partial charge in [0, 0.05) is 11.4 Å². The molecule has 0 bridgehead atoms. The van der Waals surface area contributed by atoms with Gasteiger partial charge in [0.25, 0.3) is 0 Å². The number of halogens is 1. The molecule has 2 aromatic carbocycles. The Labute approximate surface area is 156 Å². The Morgan fingerprint density at radius 3 is 2.40 bits per heavy atom. The average Bonchev–Trinajstić information content (AvgIpc) is 2.64. The number of alkyl halides is 1. The van der Waals surface area contributed by atoms with Crippen LogP contribution in [0.4, 0.5) is 0 Å². The SMILES string of the molecule is O=c1c2ccccc2oc2cc(OCCCCCCCCBr)ccc12. The highest BCUT2D eigenvalue weighted by molar-refractivity contribution is 9.09. The Bertz CT molecular complexity index is 885. The van der Waals surface area contributed by atoms with E-state index in [0.717, 1.165) is 17.5 Å². The molecule has 0 N–H and O–H groups in total. The zero-order valence-corrected chi connectivity index (χ0v) is 15.9. The molecule has 0 atom stereocenters. The second-order valence-corrected chi connectivity index (χ2v) is 7.04. The van der Waals surface area contributed by atoms with Crippen LogP contribution >= 0.6 is 15.9 Å². The molecule has 3 nitrogen and oxygen atoms in total. The summed E-state index contributed by atoms with van der Waals surface area (Å²) in [4.78, 5) is 12.5. The molecule has 0 saturated carbocycles. The Morgan fingerprint density at radius 2 is 1.56 bits per heavy atom. The number of ether oxygens (including phenoxy) is 1. The summed E-state index contributed by atoms with van der Waals surface area (Å²) < 4.78 is 11.7. The monoisotopic (exact) mass is 402 g/mol. The maximum absolute atomic E-state index is 12.5. The van der Waals surface area contributed by atoms with Gasteiger partial charge in [0.1, 0.15) is 16.9 Å². The summed E-state index contributed by atoms with van der Waals surface area (Å²) in [6, 6.07) is 12.8. The lowest BCUT2D eigenvalue weighted by Gasteiger charge is -2.07. The quantitative estimate of drug-likeness (QED) is 0.248. The zero-order chi connectivity index (χ0) is 17.5. The molecule has 3 aromatic rings. The van der Waals surface area contributed by atoms with Crippen LogP contribution in [0.15, 0.2) is 51.7 Å². The van der Waals surface area contributed by atoms with E-state index < -0.39 is 0 Å². The molecule has 0 spiro atoms. The van der Waals surface area contributed by atoms with Crippen LogP contribution in [0.25, 0.3) is 21.9 Å². The highest BCUT2D eigenvalue weighted by Crippen LogP contribution is 2.23. The van der Waals surface area contributed by atoms with Gasteiger partial charge in [-0.05, 0) is 37.1 Å². The Kier molecular flexibility index (Phi) is 6.51. The molecule has 0 saturated heterocycles. The Morgan fingerprint density at radius 1 is 0.840 bits per heavy atom. The number of unbranched alkanes of at least 4 members (excludes halogenated alkanes) is 5. The second-order valence-electron chi connectivity index (χ2n) is 6.24. The van der Waals surface area contributed by atoms with Crippen LogP contribution in [0, 0.1) is 0 Å². The van der Waals surface area contributed by atoms with Crippen molar-refractivity contribution in [2.24, 2.45) is 0 Å². The van der Waals surface area contributed by atoms with Gasteiger partial charge in [-0.25, -0.2) is 0 Å². The summed E-state index contributed by atoms with van der Waals surface area (Å²) in [6.07, 6.45) is 7.34. The summed E-state index contributed by atoms with van der Waals surface area (Å²) in [5.41, 5.74) is 1.20. The molecule has 0 amide bonds. The van der Waals surface area contributed by atoms with Crippen molar-refractivity contribution in [3.05, 3.63) is 52.7 Å². The molecule has 1 heterocycles. The molecular formula is C21H23BrO3. The first-order valence-electron chi connectivity index (χ1n) is 8.94. The summed E-state index contributed by atoms with van der Waals surface area (Å²) in [6.45, 7) is 0.696. The van der Waals surface area contributed by atoms with Crippen molar-refractivity contribution in [1.29, 1.82) is 0 Å². The summed E-state index contributed by atoms with van der Waals surface area (Å²) in [5.74, 6) is 0.755. The van der Waals surface area contributed by atoms with Gasteiger partial charge in [0.15, 0.2) is 0 Å². The number of fused-ring (bicyclic) bond motifs is 2. The third-order valence-corrected chi connectivity index (χ3v) is 4.91. The van der Waals surface area contributed by atoms with E-state index in [9.17, 15) is 4.79 Å². The fourth-order valence-electron chi connectivity index (χ4n) is 2.96. The molecule has 3 rings (SSSR count). The van der Waals surface area contributed by atoms with Crippen molar-refractivity contribution >= 4 is 37.9 Å². The number of para-hydroxylation sites is 1. The highest BCUT2D eigenvalue weighted by Gasteiger charge is 2.08. The molecule has 1 aromatic heterocycles. The molecule has 0 aliphatic carbocycles. The normalized spacial score (nSPS) is 11.2. The van der Waals surface area contributed by atoms with Gasteiger partial charge in [-0.1, -0.05) is 53.7 Å². The van der Waals surface area contributed by atoms with Crippen LogP contribution in [0.3, 0.4) is 0 Å². The van der Waals surface area contributed by atoms with Crippen molar-refractivity contribution in [1.82, 2.24) is 0 Å². The summed E-state index contributed by atoms with van der Waals surface area (Å²) in [7, 11) is 0. The smallest absolute Gasteiger partial charge is 0.200 e. The van der Waals surface area contributed by atoms with E-state index in [1.807, 2.05) is 30.3 Å². The van der Waals surface area contributed by atoms with Crippen molar-refractivity contribution in [3.8, 4) is 5.75 Å². The molecule has 132 valence electrons. The van der Waals surface area contributed by atoms with E-state index in [0.29, 0.717) is 28.5 Å². The van der Waals surface area contributed by atoms with E-state index in [-0.39, 0.29) is 5.43 Å². The maximum Gasteiger partial charge on any atom is 0.200 e. The Hall–Kier alpha value is -1.81. The lowest BCUT2D eigenvalue weighted by molar-refractivity contribution is 0.304. The molecule has 0 aliphatic rings. The van der Waals surface area contributed by atoms with Gasteiger partial charge in [-0.15, -0.1) is 0 Å². The van der Waals surface area contributed by atoms with Crippen molar-refractivity contribution in [2.45, 2.75) is 38.5 Å². The Balaban J connectivity index is 1.60. The minimum absolute atomic E-state index is 0.00637. The minimum atomic E-state index is 0.00637. The van der Waals surface area contributed by atoms with Crippen LogP contribution in [-0.2, 0) is 0 Å². The molecule has 0 unspecified atom stereocenters. The first-order chi connectivity index (χ1) is 12.3. The van der Waals surface area contributed by atoms with Crippen molar-refractivity contribution in [2.75, 3.05) is 11.9 Å². The molecule has 25 heavy (non-hydrogen) atoms. The lowest BCUT2D eigenvalue weighted by atomic mass is 10.1. The van der Waals surface area contributed by atoms with Gasteiger partial charge in [-0.3, -0.25) is 4.79 Å². The van der Waals surface area contributed by atoms with Crippen LogP contribution in [0.1, 0.15) is 38.5 Å². The largest absolute Gasteiger partial charge is 0.493 e. The fraction of sp³-hybridized carbons (Fsp3) is 0.381. The minimum Gasteiger partial charge on any atom is -0.493 e. The molecular weight excluding hydrogens is 380 g/mol. The highest BCUT2D eigenvalue weighted by atomic mass is 79.9. The standard InChI is InChI=1S/C21H23BrO3/c22-13-7-3-1-2-4-8-14-24-16-11-12-18-20(15-16)25-19-10-6-5-9-17(19)21(18)23/h5-6,9-12,15H,1-4,7-8,13-14H2. The van der Waals surface area contributed by atoms with Crippen LogP contribution in [0.5, 0.6) is 5.75 Å². The van der Waals surface area contributed by atoms with Gasteiger partial charge < -0.3 is 9.15 Å². The van der Waals surface area contributed by atoms with Crippen LogP contribution in [0.2, 0.25) is 0 Å². The first kappa shape index (κ1) is 18.0. The number of rotatable bonds is 9. The maximum atomic E-state index is 12.5. The average molecular weight is 403 g/mol. The third kappa shape index (κ3) is 4.63. The van der Waals surface area contributed by atoms with Crippen LogP contribution in [-0.4, -0.2) is 11.9 Å². The van der Waals surface area contributed by atoms with E-state index in [1.54, 1.807) is 12.1 Å². The van der Waals surface area contributed by atoms with E-state index >= 15 is 0 Å². The molecule has 0 aliphatic heterocycles. The molecule has 0 radical (unpaired) electrons. The van der Waals surface area contributed by atoms with E-state index in [4.69, 9.17) is 9.15 Å². The molecule has 0 fully saturated rings. The van der Waals surface area contributed by atoms with Crippen molar-refractivity contribution in [3.63, 3.8) is 0 Å². The predicted octanol–water partition coefficient (Wildman–Crippen LogP) is 6.06. The predicted molar refractivity (Wildman–Crippen MR) is 107 cm³/mol. The second kappa shape index (κ2) is 9.04. The third-order valence-electron chi connectivity index (χ3n) is 4.35. The zero-order valence-electron chi connectivity index (χ0n) is 14.3. The summed E-state index contributed by atoms with van der Waals surface area (Å²) in [5, 5.41) is 2.31. The van der Waals surface area contributed by atoms with Gasteiger partial charge >= 0.3 is 0 Å². The van der Waals surface area contributed by atoms with E-state index in [1.165, 1.54) is 32.1 Å². The summed E-state index contributed by atoms with van der Waals surface area (Å²) >= 11 is 3.46. The lowest BCUT2D eigenvalue weighted by Crippen LogP contribution is -2.02. The molecule has 4 heteroatoms.